The summed E-state index contributed by atoms with van der Waals surface area (Å²) in [7, 11) is -8.44. The summed E-state index contributed by atoms with van der Waals surface area (Å²) in [5, 5.41) is 0. The summed E-state index contributed by atoms with van der Waals surface area (Å²) in [6.07, 6.45) is 0. The minimum absolute atomic E-state index is 0.132. The lowest BCUT2D eigenvalue weighted by Gasteiger charge is -2.26. The molecule has 0 saturated carbocycles. The molecule has 0 atom stereocenters. The van der Waals surface area contributed by atoms with E-state index in [1.807, 2.05) is 4.72 Å². The van der Waals surface area contributed by atoms with Crippen molar-refractivity contribution in [3.8, 4) is 0 Å². The summed E-state index contributed by atoms with van der Waals surface area (Å²) in [5.41, 5.74) is -0.132. The number of hydrogen-bond acceptors (Lipinski definition) is 5. The molecule has 146 valence electrons. The van der Waals surface area contributed by atoms with E-state index >= 15 is 0 Å². The van der Waals surface area contributed by atoms with E-state index in [2.05, 4.69) is 0 Å². The van der Waals surface area contributed by atoms with Crippen LogP contribution in [-0.4, -0.2) is 47.4 Å². The van der Waals surface area contributed by atoms with E-state index in [-0.39, 0.29) is 36.9 Å². The molecule has 0 aliphatic carbocycles. The highest BCUT2D eigenvalue weighted by Crippen LogP contribution is 2.24. The number of nitrogens with zero attached hydrogens (tertiary/aromatic N) is 1. The molecule has 1 saturated heterocycles. The smallest absolute Gasteiger partial charge is 0.267 e. The third-order valence-corrected chi connectivity index (χ3v) is 7.21. The van der Waals surface area contributed by atoms with Crippen molar-refractivity contribution in [2.24, 2.45) is 0 Å². The van der Waals surface area contributed by atoms with Crippen molar-refractivity contribution in [2.45, 2.75) is 9.79 Å². The lowest BCUT2D eigenvalue weighted by molar-refractivity contribution is 0.0730. The number of rotatable bonds is 5. The van der Waals surface area contributed by atoms with Crippen LogP contribution in [0, 0.1) is 11.6 Å². The number of nitrogens with one attached hydrogen (secondary N) is 1. The van der Waals surface area contributed by atoms with Crippen LogP contribution in [0.1, 0.15) is 0 Å². The van der Waals surface area contributed by atoms with Gasteiger partial charge in [0.1, 0.15) is 11.6 Å². The van der Waals surface area contributed by atoms with Gasteiger partial charge in [0.2, 0.25) is 10.0 Å². The Morgan fingerprint density at radius 2 is 1.52 bits per heavy atom. The van der Waals surface area contributed by atoms with Crippen LogP contribution in [0.2, 0.25) is 0 Å². The molecular formula is C16H16F2N2O5S2. The minimum Gasteiger partial charge on any atom is -0.379 e. The van der Waals surface area contributed by atoms with Crippen LogP contribution in [-0.2, 0) is 24.8 Å². The third-order valence-electron chi connectivity index (χ3n) is 3.88. The maximum atomic E-state index is 13.8. The molecule has 0 amide bonds. The molecular weight excluding hydrogens is 402 g/mol. The van der Waals surface area contributed by atoms with E-state index in [0.29, 0.717) is 0 Å². The fourth-order valence-electron chi connectivity index (χ4n) is 2.60. The summed E-state index contributed by atoms with van der Waals surface area (Å²) in [6, 6.07) is 7.71. The van der Waals surface area contributed by atoms with Crippen molar-refractivity contribution in [3.05, 3.63) is 54.1 Å². The molecule has 2 aromatic rings. The number of ether oxygens (including phenoxy) is 1. The monoisotopic (exact) mass is 418 g/mol. The molecule has 2 aromatic carbocycles. The average molecular weight is 418 g/mol. The Morgan fingerprint density at radius 3 is 2.15 bits per heavy atom. The number of morpholine rings is 1. The topological polar surface area (TPSA) is 92.8 Å². The Kier molecular flexibility index (Phi) is 5.47. The maximum Gasteiger partial charge on any atom is 0.267 e. The second-order valence-electron chi connectivity index (χ2n) is 5.70. The van der Waals surface area contributed by atoms with Crippen LogP contribution in [0.15, 0.2) is 52.3 Å². The van der Waals surface area contributed by atoms with Crippen molar-refractivity contribution in [3.63, 3.8) is 0 Å². The molecule has 1 aliphatic heterocycles. The van der Waals surface area contributed by atoms with E-state index in [1.54, 1.807) is 0 Å². The average Bonchev–Trinajstić information content (AvgIpc) is 2.62. The highest BCUT2D eigenvalue weighted by atomic mass is 32.2. The van der Waals surface area contributed by atoms with E-state index in [1.165, 1.54) is 22.5 Å². The number of anilines is 1. The lowest BCUT2D eigenvalue weighted by atomic mass is 10.3. The van der Waals surface area contributed by atoms with E-state index < -0.39 is 36.6 Å². The number of sulfonamides is 2. The normalized spacial score (nSPS) is 16.2. The largest absolute Gasteiger partial charge is 0.379 e. The van der Waals surface area contributed by atoms with Crippen LogP contribution in [0.4, 0.5) is 14.5 Å². The van der Waals surface area contributed by atoms with Crippen molar-refractivity contribution in [1.29, 1.82) is 0 Å². The first-order valence-electron chi connectivity index (χ1n) is 7.86. The van der Waals surface area contributed by atoms with Crippen molar-refractivity contribution in [1.82, 2.24) is 4.31 Å². The zero-order valence-corrected chi connectivity index (χ0v) is 15.6. The van der Waals surface area contributed by atoms with Crippen LogP contribution in [0.5, 0.6) is 0 Å². The predicted octanol–water partition coefficient (Wildman–Crippen LogP) is 1.79. The second-order valence-corrected chi connectivity index (χ2v) is 9.26. The number of hydrogen-bond donors (Lipinski definition) is 1. The van der Waals surface area contributed by atoms with Gasteiger partial charge in [0, 0.05) is 13.1 Å². The molecule has 1 heterocycles. The Balaban J connectivity index is 1.92. The van der Waals surface area contributed by atoms with Gasteiger partial charge in [0.25, 0.3) is 10.0 Å². The summed E-state index contributed by atoms with van der Waals surface area (Å²) >= 11 is 0. The first kappa shape index (κ1) is 19.7. The second kappa shape index (κ2) is 7.50. The maximum absolute atomic E-state index is 13.8. The van der Waals surface area contributed by atoms with Crippen LogP contribution in [0.25, 0.3) is 0 Å². The molecule has 1 N–H and O–H groups in total. The highest BCUT2D eigenvalue weighted by Gasteiger charge is 2.28. The Morgan fingerprint density at radius 1 is 0.926 bits per heavy atom. The van der Waals surface area contributed by atoms with Crippen LogP contribution in [0.3, 0.4) is 0 Å². The minimum atomic E-state index is -4.59. The van der Waals surface area contributed by atoms with Crippen molar-refractivity contribution < 1.29 is 30.4 Å². The van der Waals surface area contributed by atoms with Crippen molar-refractivity contribution >= 4 is 25.7 Å². The van der Waals surface area contributed by atoms with E-state index in [4.69, 9.17) is 4.74 Å². The number of benzene rings is 2. The van der Waals surface area contributed by atoms with E-state index in [0.717, 1.165) is 24.3 Å². The number of halogens is 2. The van der Waals surface area contributed by atoms with Crippen molar-refractivity contribution in [2.75, 3.05) is 31.0 Å². The van der Waals surface area contributed by atoms with Gasteiger partial charge in [0.05, 0.1) is 23.8 Å². The molecule has 0 aromatic heterocycles. The summed E-state index contributed by atoms with van der Waals surface area (Å²) in [6.45, 7) is 0.883. The zero-order valence-electron chi connectivity index (χ0n) is 13.9. The Bertz CT molecular complexity index is 1030. The first-order chi connectivity index (χ1) is 12.7. The van der Waals surface area contributed by atoms with Gasteiger partial charge in [-0.05, 0) is 30.3 Å². The van der Waals surface area contributed by atoms with Crippen LogP contribution >= 0.6 is 0 Å². The summed E-state index contributed by atoms with van der Waals surface area (Å²) in [4.78, 5) is -1.27. The van der Waals surface area contributed by atoms with Gasteiger partial charge in [0.15, 0.2) is 4.90 Å². The Hall–Kier alpha value is -2.08. The zero-order chi connectivity index (χ0) is 19.7. The standard InChI is InChI=1S/C16H16F2N2O5S2/c17-14-5-2-6-15(18)16(14)26(21,22)19-12-3-1-4-13(11-12)27(23,24)20-7-9-25-10-8-20/h1-6,11,19H,7-10H2. The molecule has 27 heavy (non-hydrogen) atoms. The third kappa shape index (κ3) is 4.10. The first-order valence-corrected chi connectivity index (χ1v) is 10.8. The van der Waals surface area contributed by atoms with Gasteiger partial charge in [-0.3, -0.25) is 4.72 Å². The molecule has 0 unspecified atom stereocenters. The fourth-order valence-corrected chi connectivity index (χ4v) is 5.24. The van der Waals surface area contributed by atoms with Gasteiger partial charge in [-0.1, -0.05) is 12.1 Å². The molecule has 1 aliphatic rings. The van der Waals surface area contributed by atoms with Gasteiger partial charge in [-0.25, -0.2) is 25.6 Å². The predicted molar refractivity (Wildman–Crippen MR) is 93.2 cm³/mol. The quantitative estimate of drug-likeness (QED) is 0.799. The molecule has 3 rings (SSSR count). The molecule has 7 nitrogen and oxygen atoms in total. The lowest BCUT2D eigenvalue weighted by Crippen LogP contribution is -2.40. The summed E-state index contributed by atoms with van der Waals surface area (Å²) in [5.74, 6) is -2.50. The SMILES string of the molecule is O=S(=O)(Nc1cccc(S(=O)(=O)N2CCOCC2)c1)c1c(F)cccc1F. The van der Waals surface area contributed by atoms with E-state index in [9.17, 15) is 25.6 Å². The molecule has 0 spiro atoms. The molecule has 0 bridgehead atoms. The molecule has 0 radical (unpaired) electrons. The molecule has 11 heteroatoms. The van der Waals surface area contributed by atoms with Gasteiger partial charge >= 0.3 is 0 Å². The Labute approximate surface area is 155 Å². The van der Waals surface area contributed by atoms with Gasteiger partial charge in [-0.2, -0.15) is 4.31 Å². The molecule has 1 fully saturated rings. The van der Waals surface area contributed by atoms with Gasteiger partial charge < -0.3 is 4.74 Å². The van der Waals surface area contributed by atoms with Gasteiger partial charge in [-0.15, -0.1) is 0 Å². The fraction of sp³-hybridized carbons (Fsp3) is 0.250. The van der Waals surface area contributed by atoms with Crippen LogP contribution < -0.4 is 4.72 Å². The highest BCUT2D eigenvalue weighted by molar-refractivity contribution is 7.92. The summed E-state index contributed by atoms with van der Waals surface area (Å²) < 4.78 is 85.9.